The topological polar surface area (TPSA) is 79.0 Å². The molecule has 0 spiro atoms. The zero-order valence-corrected chi connectivity index (χ0v) is 13.4. The largest absolute Gasteiger partial charge is 0.497 e. The molecule has 7 heteroatoms. The quantitative estimate of drug-likeness (QED) is 0.760. The highest BCUT2D eigenvalue weighted by atomic mass is 16.5. The molecule has 1 fully saturated rings. The van der Waals surface area contributed by atoms with Gasteiger partial charge in [-0.1, -0.05) is 12.1 Å². The maximum absolute atomic E-state index is 11.8. The molecule has 0 radical (unpaired) electrons. The number of carbonyl (C=O) groups is 3. The van der Waals surface area contributed by atoms with E-state index in [-0.39, 0.29) is 37.4 Å². The van der Waals surface area contributed by atoms with Crippen molar-refractivity contribution in [3.8, 4) is 5.75 Å². The van der Waals surface area contributed by atoms with Gasteiger partial charge >= 0.3 is 6.03 Å². The summed E-state index contributed by atoms with van der Waals surface area (Å²) >= 11 is 0. The van der Waals surface area contributed by atoms with E-state index in [9.17, 15) is 14.4 Å². The number of nitrogens with zero attached hydrogens (tertiary/aromatic N) is 2. The summed E-state index contributed by atoms with van der Waals surface area (Å²) in [5.74, 6) is 0.453. The van der Waals surface area contributed by atoms with E-state index in [0.717, 1.165) is 11.3 Å². The molecule has 7 nitrogen and oxygen atoms in total. The number of carbonyl (C=O) groups excluding carboxylic acids is 3. The fraction of sp³-hybridized carbons (Fsp3) is 0.438. The number of methoxy groups -OCH3 is 1. The van der Waals surface area contributed by atoms with Gasteiger partial charge in [0, 0.05) is 26.6 Å². The van der Waals surface area contributed by atoms with Crippen molar-refractivity contribution in [3.63, 3.8) is 0 Å². The molecule has 23 heavy (non-hydrogen) atoms. The summed E-state index contributed by atoms with van der Waals surface area (Å²) < 4.78 is 5.07. The minimum Gasteiger partial charge on any atom is -0.497 e. The lowest BCUT2D eigenvalue weighted by Crippen LogP contribution is -2.33. The SMILES string of the molecule is COc1ccc(CNC(=O)CCCN2C(=O)CN(C)C2=O)cc1. The Morgan fingerprint density at radius 1 is 1.26 bits per heavy atom. The first kappa shape index (κ1) is 16.8. The van der Waals surface area contributed by atoms with Crippen LogP contribution in [0.5, 0.6) is 5.75 Å². The number of benzene rings is 1. The van der Waals surface area contributed by atoms with E-state index < -0.39 is 0 Å². The van der Waals surface area contributed by atoms with E-state index in [1.165, 1.54) is 9.80 Å². The van der Waals surface area contributed by atoms with Crippen LogP contribution in [0, 0.1) is 0 Å². The minimum absolute atomic E-state index is 0.103. The van der Waals surface area contributed by atoms with Gasteiger partial charge in [0.25, 0.3) is 0 Å². The Hall–Kier alpha value is -2.57. The molecule has 1 aliphatic heterocycles. The number of imide groups is 1. The highest BCUT2D eigenvalue weighted by Gasteiger charge is 2.32. The summed E-state index contributed by atoms with van der Waals surface area (Å²) in [6.07, 6.45) is 0.733. The van der Waals surface area contributed by atoms with E-state index in [0.29, 0.717) is 13.0 Å². The van der Waals surface area contributed by atoms with Crippen molar-refractivity contribution >= 4 is 17.8 Å². The second-order valence-corrected chi connectivity index (χ2v) is 5.41. The molecular weight excluding hydrogens is 298 g/mol. The number of hydrogen-bond acceptors (Lipinski definition) is 4. The van der Waals surface area contributed by atoms with Gasteiger partial charge in [0.05, 0.1) is 7.11 Å². The van der Waals surface area contributed by atoms with Crippen LogP contribution < -0.4 is 10.1 Å². The Balaban J connectivity index is 1.69. The van der Waals surface area contributed by atoms with Crippen molar-refractivity contribution in [3.05, 3.63) is 29.8 Å². The molecule has 0 saturated carbocycles. The average Bonchev–Trinajstić information content (AvgIpc) is 2.79. The van der Waals surface area contributed by atoms with E-state index in [1.807, 2.05) is 24.3 Å². The summed E-state index contributed by atoms with van der Waals surface area (Å²) in [6, 6.07) is 7.15. The average molecular weight is 319 g/mol. The van der Waals surface area contributed by atoms with Gasteiger partial charge in [-0.3, -0.25) is 14.5 Å². The van der Waals surface area contributed by atoms with Gasteiger partial charge in [-0.05, 0) is 24.1 Å². The predicted octanol–water partition coefficient (Wildman–Crippen LogP) is 0.986. The number of ether oxygens (including phenoxy) is 1. The number of hydrogen-bond donors (Lipinski definition) is 1. The molecule has 0 atom stereocenters. The van der Waals surface area contributed by atoms with Crippen LogP contribution in [0.1, 0.15) is 18.4 Å². The Bertz CT molecular complexity index is 585. The van der Waals surface area contributed by atoms with Crippen LogP contribution in [0.3, 0.4) is 0 Å². The molecular formula is C16H21N3O4. The van der Waals surface area contributed by atoms with E-state index >= 15 is 0 Å². The van der Waals surface area contributed by atoms with Crippen molar-refractivity contribution in [2.45, 2.75) is 19.4 Å². The van der Waals surface area contributed by atoms with Crippen molar-refractivity contribution in [1.82, 2.24) is 15.1 Å². The molecule has 1 aromatic carbocycles. The third kappa shape index (κ3) is 4.45. The smallest absolute Gasteiger partial charge is 0.326 e. The van der Waals surface area contributed by atoms with Crippen molar-refractivity contribution in [2.75, 3.05) is 27.2 Å². The van der Waals surface area contributed by atoms with Gasteiger partial charge in [0.2, 0.25) is 11.8 Å². The van der Waals surface area contributed by atoms with Crippen LogP contribution in [0.25, 0.3) is 0 Å². The lowest BCUT2D eigenvalue weighted by Gasteiger charge is -2.13. The second-order valence-electron chi connectivity index (χ2n) is 5.41. The lowest BCUT2D eigenvalue weighted by molar-refractivity contribution is -0.126. The lowest BCUT2D eigenvalue weighted by atomic mass is 10.2. The normalized spacial score (nSPS) is 14.3. The van der Waals surface area contributed by atoms with Gasteiger partial charge in [0.15, 0.2) is 0 Å². The van der Waals surface area contributed by atoms with Crippen LogP contribution in [-0.2, 0) is 16.1 Å². The van der Waals surface area contributed by atoms with Crippen LogP contribution >= 0.6 is 0 Å². The summed E-state index contributed by atoms with van der Waals surface area (Å²) in [7, 11) is 3.19. The second kappa shape index (κ2) is 7.62. The van der Waals surface area contributed by atoms with Crippen LogP contribution in [0.2, 0.25) is 0 Å². The number of rotatable bonds is 7. The van der Waals surface area contributed by atoms with E-state index in [2.05, 4.69) is 5.32 Å². The van der Waals surface area contributed by atoms with Crippen molar-refractivity contribution < 1.29 is 19.1 Å². The highest BCUT2D eigenvalue weighted by molar-refractivity contribution is 6.01. The van der Waals surface area contributed by atoms with Crippen LogP contribution in [0.4, 0.5) is 4.79 Å². The molecule has 4 amide bonds. The molecule has 124 valence electrons. The zero-order chi connectivity index (χ0) is 16.8. The summed E-state index contributed by atoms with van der Waals surface area (Å²) in [5, 5.41) is 2.81. The standard InChI is InChI=1S/C16H21N3O4/c1-18-11-15(21)19(16(18)22)9-3-4-14(20)17-10-12-5-7-13(23-2)8-6-12/h5-8H,3-4,9-11H2,1-2H3,(H,17,20). The monoisotopic (exact) mass is 319 g/mol. The van der Waals surface area contributed by atoms with Gasteiger partial charge < -0.3 is 15.0 Å². The Kier molecular flexibility index (Phi) is 5.56. The van der Waals surface area contributed by atoms with Crippen LogP contribution in [-0.4, -0.2) is 54.9 Å². The first-order valence-corrected chi connectivity index (χ1v) is 7.46. The molecule has 0 aromatic heterocycles. The highest BCUT2D eigenvalue weighted by Crippen LogP contribution is 2.11. The molecule has 0 aliphatic carbocycles. The Morgan fingerprint density at radius 3 is 2.52 bits per heavy atom. The zero-order valence-electron chi connectivity index (χ0n) is 13.4. The first-order chi connectivity index (χ1) is 11.0. The third-order valence-electron chi connectivity index (χ3n) is 3.67. The van der Waals surface area contributed by atoms with Gasteiger partial charge in [0.1, 0.15) is 12.3 Å². The van der Waals surface area contributed by atoms with Gasteiger partial charge in [-0.15, -0.1) is 0 Å². The first-order valence-electron chi connectivity index (χ1n) is 7.46. The van der Waals surface area contributed by atoms with E-state index in [4.69, 9.17) is 4.74 Å². The number of likely N-dealkylation sites (N-methyl/N-ethyl adjacent to an activating group) is 1. The number of nitrogens with one attached hydrogen (secondary N) is 1. The summed E-state index contributed by atoms with van der Waals surface area (Å²) in [6.45, 7) is 0.827. The molecule has 1 aromatic rings. The summed E-state index contributed by atoms with van der Waals surface area (Å²) in [4.78, 5) is 37.6. The molecule has 1 saturated heterocycles. The fourth-order valence-electron chi connectivity index (χ4n) is 2.32. The third-order valence-corrected chi connectivity index (χ3v) is 3.67. The number of amides is 4. The number of urea groups is 1. The molecule has 0 bridgehead atoms. The Morgan fingerprint density at radius 2 is 1.96 bits per heavy atom. The maximum atomic E-state index is 11.8. The summed E-state index contributed by atoms with van der Waals surface area (Å²) in [5.41, 5.74) is 0.977. The van der Waals surface area contributed by atoms with Crippen LogP contribution in [0.15, 0.2) is 24.3 Å². The fourth-order valence-corrected chi connectivity index (χ4v) is 2.32. The molecule has 0 unspecified atom stereocenters. The molecule has 1 heterocycles. The Labute approximate surface area is 135 Å². The van der Waals surface area contributed by atoms with Gasteiger partial charge in [-0.25, -0.2) is 4.79 Å². The molecule has 1 aliphatic rings. The molecule has 2 rings (SSSR count). The maximum Gasteiger partial charge on any atom is 0.326 e. The predicted molar refractivity (Wildman–Crippen MR) is 83.8 cm³/mol. The van der Waals surface area contributed by atoms with Crippen molar-refractivity contribution in [1.29, 1.82) is 0 Å². The van der Waals surface area contributed by atoms with Crippen molar-refractivity contribution in [2.24, 2.45) is 0 Å². The van der Waals surface area contributed by atoms with E-state index in [1.54, 1.807) is 14.2 Å². The molecule has 1 N–H and O–H groups in total. The van der Waals surface area contributed by atoms with Gasteiger partial charge in [-0.2, -0.15) is 0 Å². The minimum atomic E-state index is -0.298.